The number of carbonyl (C=O) groups excluding carboxylic acids is 6. The summed E-state index contributed by atoms with van der Waals surface area (Å²) in [6, 6.07) is 55.8. The second-order valence-electron chi connectivity index (χ2n) is 26.6. The fourth-order valence-electron chi connectivity index (χ4n) is 15.0. The minimum atomic E-state index is -1.24. The van der Waals surface area contributed by atoms with E-state index in [0.29, 0.717) is 66.7 Å². The molecule has 2 aliphatic heterocycles. The molecule has 96 heavy (non-hydrogen) atoms. The Balaban J connectivity index is 1.03. The van der Waals surface area contributed by atoms with Gasteiger partial charge in [-0.2, -0.15) is 0 Å². The fourth-order valence-corrected chi connectivity index (χ4v) is 15.0. The van der Waals surface area contributed by atoms with Crippen LogP contribution in [-0.4, -0.2) is 57.3 Å². The zero-order valence-electron chi connectivity index (χ0n) is 54.0. The van der Waals surface area contributed by atoms with Crippen molar-refractivity contribution < 1.29 is 47.7 Å². The normalized spacial score (nSPS) is 15.6. The number of benzene rings is 11. The van der Waals surface area contributed by atoms with Gasteiger partial charge in [0.2, 0.25) is 11.8 Å². The van der Waals surface area contributed by atoms with E-state index >= 15 is 28.8 Å². The minimum absolute atomic E-state index is 0.0498. The number of nitrogens with zero attached hydrogens (tertiary/aromatic N) is 2. The number of anilines is 2. The lowest BCUT2D eigenvalue weighted by molar-refractivity contribution is -0.121. The third-order valence-corrected chi connectivity index (χ3v) is 19.8. The number of rotatable bonds is 20. The van der Waals surface area contributed by atoms with Crippen LogP contribution in [0, 0.1) is 11.8 Å². The van der Waals surface area contributed by atoms with Gasteiger partial charge in [0.15, 0.2) is 0 Å². The van der Waals surface area contributed by atoms with Crippen molar-refractivity contribution in [3.63, 3.8) is 0 Å². The first-order valence-electron chi connectivity index (χ1n) is 33.6. The maximum atomic E-state index is 16.3. The molecule has 0 spiro atoms. The van der Waals surface area contributed by atoms with E-state index in [2.05, 4.69) is 38.3 Å². The number of ether oxygens (including phenoxy) is 4. The van der Waals surface area contributed by atoms with Crippen LogP contribution in [0.25, 0.3) is 43.1 Å². The minimum Gasteiger partial charge on any atom is -0.457 e. The molecule has 0 saturated heterocycles. The highest BCUT2D eigenvalue weighted by Crippen LogP contribution is 2.58. The average molecular weight is 1270 g/mol. The van der Waals surface area contributed by atoms with Gasteiger partial charge in [0, 0.05) is 54.5 Å². The molecule has 14 heteroatoms. The molecule has 0 aromatic heterocycles. The molecule has 2 unspecified atom stereocenters. The van der Waals surface area contributed by atoms with Crippen LogP contribution in [0.15, 0.2) is 194 Å². The highest BCUT2D eigenvalue weighted by Gasteiger charge is 2.47. The van der Waals surface area contributed by atoms with Crippen LogP contribution >= 0.6 is 0 Å². The lowest BCUT2D eigenvalue weighted by Gasteiger charge is -2.36. The van der Waals surface area contributed by atoms with E-state index < -0.39 is 47.5 Å². The van der Waals surface area contributed by atoms with E-state index in [1.54, 1.807) is 72.8 Å². The van der Waals surface area contributed by atoms with Gasteiger partial charge in [0.05, 0.1) is 22.3 Å². The van der Waals surface area contributed by atoms with Crippen LogP contribution in [0.4, 0.5) is 11.4 Å². The smallest absolute Gasteiger partial charge is 0.262 e. The van der Waals surface area contributed by atoms with Gasteiger partial charge in [-0.15, -0.1) is 0 Å². The first kappa shape index (κ1) is 61.3. The third kappa shape index (κ3) is 11.3. The number of para-hydroxylation sites is 4. The number of imide groups is 2. The lowest BCUT2D eigenvalue weighted by atomic mass is 9.80. The summed E-state index contributed by atoms with van der Waals surface area (Å²) in [6.07, 6.45) is 7.64. The molecule has 480 valence electrons. The topological polar surface area (TPSA) is 170 Å². The molecular formula is C82H72N4O10. The van der Waals surface area contributed by atoms with Crippen LogP contribution in [0.5, 0.6) is 46.0 Å². The summed E-state index contributed by atoms with van der Waals surface area (Å²) >= 11 is 0. The molecule has 15 rings (SSSR count). The Bertz CT molecular complexity index is 4340. The van der Waals surface area contributed by atoms with E-state index in [9.17, 15) is 0 Å². The first-order valence-corrected chi connectivity index (χ1v) is 33.6. The molecule has 2 N–H and O–H groups in total. The van der Waals surface area contributed by atoms with Crippen molar-refractivity contribution in [2.24, 2.45) is 11.8 Å². The van der Waals surface area contributed by atoms with Crippen molar-refractivity contribution in [1.29, 1.82) is 0 Å². The van der Waals surface area contributed by atoms with E-state index in [4.69, 9.17) is 18.9 Å². The zero-order chi connectivity index (χ0) is 65.9. The molecule has 0 radical (unpaired) electrons. The summed E-state index contributed by atoms with van der Waals surface area (Å²) in [7, 11) is 0. The SMILES string of the molecule is CC(C)c1ccc(NC(=O)C(CC2CCCC2)N2C(=O)c3cc(Oc4ccccc4)c4c5c(Oc6ccccc6)cc6c7c(cc(Oc8ccccc8)c(c8c(Oc9ccccc9)cc(c3c48)C2=O)c75)C(=O)N(C(CC2CCCC2)C(=O)Nc2ccc(C(C)C)cc2)C6=O)cc1. The van der Waals surface area contributed by atoms with Crippen molar-refractivity contribution in [2.75, 3.05) is 10.6 Å². The van der Waals surface area contributed by atoms with Gasteiger partial charge in [-0.1, -0.05) is 176 Å². The Morgan fingerprint density at radius 3 is 0.875 bits per heavy atom. The summed E-state index contributed by atoms with van der Waals surface area (Å²) in [5.74, 6) is -1.03. The molecule has 14 nitrogen and oxygen atoms in total. The predicted octanol–water partition coefficient (Wildman–Crippen LogP) is 19.5. The fraction of sp³-hybridized carbons (Fsp3) is 0.244. The van der Waals surface area contributed by atoms with E-state index in [0.717, 1.165) is 72.3 Å². The molecule has 2 atom stereocenters. The molecule has 2 aliphatic carbocycles. The summed E-state index contributed by atoms with van der Waals surface area (Å²) in [5.41, 5.74) is 3.58. The van der Waals surface area contributed by atoms with Crippen molar-refractivity contribution >= 4 is 89.9 Å². The van der Waals surface area contributed by atoms with Crippen molar-refractivity contribution in [3.8, 4) is 46.0 Å². The van der Waals surface area contributed by atoms with Crippen LogP contribution in [-0.2, 0) is 9.59 Å². The van der Waals surface area contributed by atoms with Crippen LogP contribution in [0.2, 0.25) is 0 Å². The highest BCUT2D eigenvalue weighted by molar-refractivity contribution is 6.45. The Kier molecular flexibility index (Phi) is 16.3. The molecular weight excluding hydrogens is 1200 g/mol. The quantitative estimate of drug-likeness (QED) is 0.0425. The van der Waals surface area contributed by atoms with Crippen LogP contribution < -0.4 is 29.6 Å². The number of fused-ring (bicyclic) bond motifs is 2. The molecule has 4 aliphatic rings. The lowest BCUT2D eigenvalue weighted by Crippen LogP contribution is -2.53. The van der Waals surface area contributed by atoms with Crippen molar-refractivity contribution in [2.45, 2.75) is 116 Å². The summed E-state index contributed by atoms with van der Waals surface area (Å²) in [6.45, 7) is 8.39. The molecule has 11 aromatic rings. The van der Waals surface area contributed by atoms with Gasteiger partial charge < -0.3 is 29.6 Å². The number of nitrogens with one attached hydrogen (secondary N) is 2. The second kappa shape index (κ2) is 25.5. The summed E-state index contributed by atoms with van der Waals surface area (Å²) in [5, 5.41) is 8.82. The molecule has 0 bridgehead atoms. The molecule has 11 aromatic carbocycles. The molecule has 2 saturated carbocycles. The third-order valence-electron chi connectivity index (χ3n) is 19.8. The molecule has 2 fully saturated rings. The Hall–Kier alpha value is -10.9. The van der Waals surface area contributed by atoms with Crippen molar-refractivity contribution in [1.82, 2.24) is 9.80 Å². The van der Waals surface area contributed by atoms with Crippen LogP contribution in [0.3, 0.4) is 0 Å². The maximum Gasteiger partial charge on any atom is 0.262 e. The van der Waals surface area contributed by atoms with Crippen molar-refractivity contribution in [3.05, 3.63) is 228 Å². The second-order valence-corrected chi connectivity index (χ2v) is 26.6. The van der Waals surface area contributed by atoms with E-state index in [-0.39, 0.29) is 92.5 Å². The van der Waals surface area contributed by atoms with Gasteiger partial charge in [-0.3, -0.25) is 38.6 Å². The summed E-state index contributed by atoms with van der Waals surface area (Å²) in [4.78, 5) is 98.1. The summed E-state index contributed by atoms with van der Waals surface area (Å²) < 4.78 is 28.7. The number of carbonyl (C=O) groups is 6. The number of hydrogen-bond donors (Lipinski definition) is 2. The number of amides is 6. The molecule has 6 amide bonds. The standard InChI is InChI=1S/C82H72N4O10/c1-47(2)51-33-37-53(38-34-51)83-77(87)63(41-49-21-17-18-22-49)85-79(89)59-43-65(93-55-25-9-5-10-26-55)71-73-67(95-57-29-13-7-14-30-57)45-61-70-62(82(92)86(81(61)91)64(42-50-23-19-20-24-50)78(88)84-54-39-35-52(36-40-54)48(3)4)46-68(96-58-31-15-8-16-32-58)74(76(70)73)72-66(94-56-27-11-6-12-28-56)44-60(80(85)90)69(59)75(71)72/h5-16,25-40,43-50,63-64H,17-24,41-42H2,1-4H3,(H,83,87)(H,84,88). The Morgan fingerprint density at radius 2 is 0.625 bits per heavy atom. The van der Waals surface area contributed by atoms with Gasteiger partial charge in [0.1, 0.15) is 58.1 Å². The van der Waals surface area contributed by atoms with E-state index in [1.165, 1.54) is 0 Å². The predicted molar refractivity (Wildman–Crippen MR) is 374 cm³/mol. The monoisotopic (exact) mass is 1270 g/mol. The average Bonchev–Trinajstić information content (AvgIpc) is 0.813. The highest BCUT2D eigenvalue weighted by atomic mass is 16.5. The van der Waals surface area contributed by atoms with Gasteiger partial charge in [-0.25, -0.2) is 0 Å². The Labute approximate surface area is 556 Å². The van der Waals surface area contributed by atoms with Gasteiger partial charge in [0.25, 0.3) is 23.6 Å². The largest absolute Gasteiger partial charge is 0.457 e. The van der Waals surface area contributed by atoms with Gasteiger partial charge >= 0.3 is 0 Å². The maximum absolute atomic E-state index is 16.3. The zero-order valence-corrected chi connectivity index (χ0v) is 54.0. The number of hydrogen-bond acceptors (Lipinski definition) is 10. The molecule has 2 heterocycles. The van der Waals surface area contributed by atoms with E-state index in [1.807, 2.05) is 121 Å². The first-order chi connectivity index (χ1) is 46.7. The van der Waals surface area contributed by atoms with Crippen LogP contribution in [0.1, 0.15) is 156 Å². The Morgan fingerprint density at radius 1 is 0.365 bits per heavy atom. The van der Waals surface area contributed by atoms with Gasteiger partial charge in [-0.05, 0) is 145 Å².